The van der Waals surface area contributed by atoms with Crippen LogP contribution in [0.5, 0.6) is 0 Å². The van der Waals surface area contributed by atoms with Crippen LogP contribution < -0.4 is 5.32 Å². The highest BCUT2D eigenvalue weighted by molar-refractivity contribution is 7.12. The Bertz CT molecular complexity index is 605. The number of nitrogens with one attached hydrogen (secondary N) is 1. The topological polar surface area (TPSA) is 21.3 Å². The van der Waals surface area contributed by atoms with Crippen molar-refractivity contribution in [1.29, 1.82) is 0 Å². The van der Waals surface area contributed by atoms with Crippen molar-refractivity contribution in [3.05, 3.63) is 56.8 Å². The molecule has 21 heavy (non-hydrogen) atoms. The van der Waals surface area contributed by atoms with E-state index in [9.17, 15) is 0 Å². The number of hydrogen-bond donors (Lipinski definition) is 1. The van der Waals surface area contributed by atoms with Crippen LogP contribution in [0.25, 0.3) is 0 Å². The second kappa shape index (κ2) is 6.73. The molecule has 1 N–H and O–H groups in total. The van der Waals surface area contributed by atoms with Crippen molar-refractivity contribution >= 4 is 11.3 Å². The molecule has 0 saturated carbocycles. The number of hydrogen-bond acceptors (Lipinski definition) is 3. The third kappa shape index (κ3) is 3.20. The second-order valence-electron chi connectivity index (χ2n) is 5.57. The van der Waals surface area contributed by atoms with E-state index in [1.54, 1.807) is 0 Å². The predicted molar refractivity (Wildman–Crippen MR) is 88.8 cm³/mol. The van der Waals surface area contributed by atoms with Gasteiger partial charge in [0.1, 0.15) is 0 Å². The Hall–Kier alpha value is -1.16. The van der Waals surface area contributed by atoms with Crippen LogP contribution in [0.3, 0.4) is 0 Å². The van der Waals surface area contributed by atoms with E-state index in [2.05, 4.69) is 49.5 Å². The lowest BCUT2D eigenvalue weighted by Crippen LogP contribution is -2.22. The highest BCUT2D eigenvalue weighted by Gasteiger charge is 2.18. The quantitative estimate of drug-likeness (QED) is 0.852. The first kappa shape index (κ1) is 14.8. The zero-order valence-corrected chi connectivity index (χ0v) is 13.6. The molecule has 0 saturated heterocycles. The minimum Gasteiger partial charge on any atom is -0.372 e. The summed E-state index contributed by atoms with van der Waals surface area (Å²) in [4.78, 5) is 2.87. The number of thiophene rings is 1. The van der Waals surface area contributed by atoms with E-state index in [0.717, 1.165) is 32.6 Å². The van der Waals surface area contributed by atoms with E-state index in [-0.39, 0.29) is 0 Å². The van der Waals surface area contributed by atoms with Gasteiger partial charge in [0, 0.05) is 9.75 Å². The lowest BCUT2D eigenvalue weighted by Gasteiger charge is -2.18. The van der Waals surface area contributed by atoms with E-state index in [1.165, 1.54) is 26.4 Å². The van der Waals surface area contributed by atoms with Crippen LogP contribution in [0.2, 0.25) is 0 Å². The average Bonchev–Trinajstić information content (AvgIpc) is 3.16. The van der Waals surface area contributed by atoms with Crippen molar-refractivity contribution in [2.24, 2.45) is 0 Å². The molecule has 1 aliphatic heterocycles. The van der Waals surface area contributed by atoms with Gasteiger partial charge >= 0.3 is 0 Å². The van der Waals surface area contributed by atoms with Crippen molar-refractivity contribution in [3.63, 3.8) is 0 Å². The molecule has 1 aromatic heterocycles. The van der Waals surface area contributed by atoms with Gasteiger partial charge in [-0.25, -0.2) is 0 Å². The molecule has 3 rings (SSSR count). The van der Waals surface area contributed by atoms with E-state index >= 15 is 0 Å². The maximum absolute atomic E-state index is 5.54. The summed E-state index contributed by atoms with van der Waals surface area (Å²) in [5, 5.41) is 3.70. The van der Waals surface area contributed by atoms with E-state index in [4.69, 9.17) is 4.74 Å². The zero-order valence-electron chi connectivity index (χ0n) is 12.8. The molecule has 0 fully saturated rings. The molecular weight excluding hydrogens is 278 g/mol. The molecule has 1 atom stereocenters. The molecule has 1 aliphatic rings. The minimum absolute atomic E-state index is 0.307. The summed E-state index contributed by atoms with van der Waals surface area (Å²) >= 11 is 1.93. The number of ether oxygens (including phenoxy) is 1. The van der Waals surface area contributed by atoms with Gasteiger partial charge in [0.2, 0.25) is 0 Å². The molecule has 2 nitrogen and oxygen atoms in total. The fraction of sp³-hybridized carbons (Fsp3) is 0.444. The first-order chi connectivity index (χ1) is 10.3. The molecule has 0 radical (unpaired) electrons. The van der Waals surface area contributed by atoms with E-state index in [0.29, 0.717) is 6.04 Å². The molecule has 2 aromatic rings. The Kier molecular flexibility index (Phi) is 4.73. The smallest absolute Gasteiger partial charge is 0.0725 e. The van der Waals surface area contributed by atoms with Crippen LogP contribution in [0.15, 0.2) is 30.3 Å². The van der Waals surface area contributed by atoms with Gasteiger partial charge < -0.3 is 10.1 Å². The predicted octanol–water partition coefficient (Wildman–Crippen LogP) is 4.43. The molecule has 2 heterocycles. The van der Waals surface area contributed by atoms with Crippen LogP contribution in [0, 0.1) is 0 Å². The summed E-state index contributed by atoms with van der Waals surface area (Å²) in [5.41, 5.74) is 4.05. The Labute approximate surface area is 131 Å². The van der Waals surface area contributed by atoms with Crippen LogP contribution in [-0.4, -0.2) is 6.54 Å². The molecule has 1 unspecified atom stereocenters. The van der Waals surface area contributed by atoms with Crippen LogP contribution >= 0.6 is 11.3 Å². The second-order valence-corrected chi connectivity index (χ2v) is 6.77. The molecule has 112 valence electrons. The molecule has 1 aromatic carbocycles. The zero-order chi connectivity index (χ0) is 14.7. The fourth-order valence-corrected chi connectivity index (χ4v) is 3.84. The van der Waals surface area contributed by atoms with Gasteiger partial charge in [-0.15, -0.1) is 11.3 Å². The molecule has 0 aliphatic carbocycles. The molecular formula is C18H23NOS. The first-order valence-corrected chi connectivity index (χ1v) is 8.65. The van der Waals surface area contributed by atoms with Crippen molar-refractivity contribution in [3.8, 4) is 0 Å². The van der Waals surface area contributed by atoms with Crippen molar-refractivity contribution in [2.45, 2.75) is 45.9 Å². The lowest BCUT2D eigenvalue weighted by atomic mass is 10.00. The number of aryl methyl sites for hydroxylation is 1. The third-order valence-electron chi connectivity index (χ3n) is 3.99. The third-order valence-corrected chi connectivity index (χ3v) is 5.29. The monoisotopic (exact) mass is 301 g/mol. The lowest BCUT2D eigenvalue weighted by molar-refractivity contribution is 0.134. The number of rotatable bonds is 6. The van der Waals surface area contributed by atoms with Gasteiger partial charge in [-0.05, 0) is 48.2 Å². The summed E-state index contributed by atoms with van der Waals surface area (Å²) < 4.78 is 5.54. The van der Waals surface area contributed by atoms with E-state index in [1.807, 2.05) is 11.3 Å². The van der Waals surface area contributed by atoms with Gasteiger partial charge in [0.05, 0.1) is 19.3 Å². The summed E-state index contributed by atoms with van der Waals surface area (Å²) in [6.07, 6.45) is 2.26. The van der Waals surface area contributed by atoms with Crippen molar-refractivity contribution < 1.29 is 4.74 Å². The number of benzene rings is 1. The highest BCUT2D eigenvalue weighted by atomic mass is 32.1. The number of fused-ring (bicyclic) bond motifs is 1. The van der Waals surface area contributed by atoms with Gasteiger partial charge in [-0.3, -0.25) is 0 Å². The first-order valence-electron chi connectivity index (χ1n) is 7.83. The van der Waals surface area contributed by atoms with Crippen LogP contribution in [0.4, 0.5) is 0 Å². The fourth-order valence-electron chi connectivity index (χ4n) is 2.78. The standard InChI is InChI=1S/C18H23NOS/c1-3-9-19-18(17-8-7-16(4-2)21-17)13-5-6-14-11-20-12-15(14)10-13/h5-8,10,18-19H,3-4,9,11-12H2,1-2H3. The Morgan fingerprint density at radius 2 is 2.00 bits per heavy atom. The van der Waals surface area contributed by atoms with Gasteiger partial charge in [-0.1, -0.05) is 32.0 Å². The van der Waals surface area contributed by atoms with Crippen LogP contribution in [-0.2, 0) is 24.4 Å². The Balaban J connectivity index is 1.91. The normalized spacial score (nSPS) is 15.1. The minimum atomic E-state index is 0.307. The summed E-state index contributed by atoms with van der Waals surface area (Å²) in [5.74, 6) is 0. The average molecular weight is 301 g/mol. The maximum Gasteiger partial charge on any atom is 0.0725 e. The van der Waals surface area contributed by atoms with Crippen LogP contribution in [0.1, 0.15) is 52.8 Å². The molecule has 0 bridgehead atoms. The van der Waals surface area contributed by atoms with Gasteiger partial charge in [0.15, 0.2) is 0 Å². The Morgan fingerprint density at radius 1 is 1.14 bits per heavy atom. The SMILES string of the molecule is CCCNC(c1ccc2c(c1)COC2)c1ccc(CC)s1. The largest absolute Gasteiger partial charge is 0.372 e. The summed E-state index contributed by atoms with van der Waals surface area (Å²) in [6, 6.07) is 11.7. The molecule has 0 amide bonds. The highest BCUT2D eigenvalue weighted by Crippen LogP contribution is 2.31. The summed E-state index contributed by atoms with van der Waals surface area (Å²) in [6.45, 7) is 7.00. The van der Waals surface area contributed by atoms with E-state index < -0.39 is 0 Å². The van der Waals surface area contributed by atoms with Gasteiger partial charge in [0.25, 0.3) is 0 Å². The van der Waals surface area contributed by atoms with Gasteiger partial charge in [-0.2, -0.15) is 0 Å². The molecule has 0 spiro atoms. The van der Waals surface area contributed by atoms with Crippen molar-refractivity contribution in [1.82, 2.24) is 5.32 Å². The summed E-state index contributed by atoms with van der Waals surface area (Å²) in [7, 11) is 0. The Morgan fingerprint density at radius 3 is 2.76 bits per heavy atom. The molecule has 3 heteroatoms. The van der Waals surface area contributed by atoms with Crippen molar-refractivity contribution in [2.75, 3.05) is 6.54 Å². The maximum atomic E-state index is 5.54.